The van der Waals surface area contributed by atoms with Gasteiger partial charge in [0.05, 0.1) is 20.3 Å². The van der Waals surface area contributed by atoms with Crippen LogP contribution in [0.15, 0.2) is 49.1 Å². The minimum absolute atomic E-state index is 0.152. The van der Waals surface area contributed by atoms with Crippen LogP contribution in [0, 0.1) is 0 Å². The van der Waals surface area contributed by atoms with Crippen molar-refractivity contribution in [2.75, 3.05) is 14.2 Å². The summed E-state index contributed by atoms with van der Waals surface area (Å²) in [6.07, 6.45) is 2.34. The number of hydrogen-bond acceptors (Lipinski definition) is 3. The molecule has 1 atom stereocenters. The number of hydrogen-bond donors (Lipinski definition) is 1. The fraction of sp³-hybridized carbons (Fsp3) is 0.250. The standard InChI is InChI=1S/C20H22ClNO3/c1-5-6-15-11-16(12-18(24-3)19(15)25-4)20(23)22-13(2)14-7-9-17(21)10-8-14/h5,7-13H,1,6H2,2-4H3,(H,22,23). The molecule has 0 bridgehead atoms. The molecular formula is C20H22ClNO3. The summed E-state index contributed by atoms with van der Waals surface area (Å²) in [6, 6.07) is 10.7. The smallest absolute Gasteiger partial charge is 0.251 e. The summed E-state index contributed by atoms with van der Waals surface area (Å²) in [4.78, 5) is 12.7. The number of ether oxygens (including phenoxy) is 2. The van der Waals surface area contributed by atoms with E-state index in [1.807, 2.05) is 19.1 Å². The zero-order valence-corrected chi connectivity index (χ0v) is 15.4. The van der Waals surface area contributed by atoms with E-state index in [2.05, 4.69) is 11.9 Å². The van der Waals surface area contributed by atoms with Crippen molar-refractivity contribution < 1.29 is 14.3 Å². The van der Waals surface area contributed by atoms with Crippen LogP contribution in [0.3, 0.4) is 0 Å². The zero-order chi connectivity index (χ0) is 18.4. The normalized spacial score (nSPS) is 11.5. The summed E-state index contributed by atoms with van der Waals surface area (Å²) in [5.74, 6) is 0.949. The predicted octanol–water partition coefficient (Wildman–Crippen LogP) is 4.58. The van der Waals surface area contributed by atoms with Gasteiger partial charge in [0, 0.05) is 16.1 Å². The number of halogens is 1. The van der Waals surface area contributed by atoms with Crippen molar-refractivity contribution in [1.82, 2.24) is 5.32 Å². The second-order valence-corrected chi connectivity index (χ2v) is 6.05. The second-order valence-electron chi connectivity index (χ2n) is 5.61. The van der Waals surface area contributed by atoms with E-state index in [1.165, 1.54) is 0 Å². The number of rotatable bonds is 7. The Hall–Kier alpha value is -2.46. The third kappa shape index (κ3) is 4.54. The number of allylic oxidation sites excluding steroid dienone is 1. The Morgan fingerprint density at radius 1 is 1.24 bits per heavy atom. The van der Waals surface area contributed by atoms with Gasteiger partial charge < -0.3 is 14.8 Å². The minimum atomic E-state index is -0.186. The summed E-state index contributed by atoms with van der Waals surface area (Å²) in [5.41, 5.74) is 2.33. The van der Waals surface area contributed by atoms with Gasteiger partial charge in [-0.15, -0.1) is 6.58 Å². The summed E-state index contributed by atoms with van der Waals surface area (Å²) in [7, 11) is 3.13. The van der Waals surface area contributed by atoms with E-state index in [9.17, 15) is 4.79 Å². The summed E-state index contributed by atoms with van der Waals surface area (Å²) < 4.78 is 10.8. The molecule has 0 radical (unpaired) electrons. The van der Waals surface area contributed by atoms with Crippen LogP contribution < -0.4 is 14.8 Å². The largest absolute Gasteiger partial charge is 0.493 e. The maximum absolute atomic E-state index is 12.7. The predicted molar refractivity (Wildman–Crippen MR) is 101 cm³/mol. The van der Waals surface area contributed by atoms with E-state index in [0.717, 1.165) is 11.1 Å². The van der Waals surface area contributed by atoms with Gasteiger partial charge in [0.2, 0.25) is 0 Å². The topological polar surface area (TPSA) is 47.6 Å². The van der Waals surface area contributed by atoms with Crippen molar-refractivity contribution in [2.24, 2.45) is 0 Å². The van der Waals surface area contributed by atoms with Crippen LogP contribution in [-0.2, 0) is 6.42 Å². The highest BCUT2D eigenvalue weighted by molar-refractivity contribution is 6.30. The first-order valence-corrected chi connectivity index (χ1v) is 8.30. The van der Waals surface area contributed by atoms with Crippen LogP contribution in [-0.4, -0.2) is 20.1 Å². The Bertz CT molecular complexity index is 756. The average Bonchev–Trinajstić information content (AvgIpc) is 2.61. The van der Waals surface area contributed by atoms with Gasteiger partial charge in [-0.3, -0.25) is 4.79 Å². The molecule has 0 saturated heterocycles. The van der Waals surface area contributed by atoms with Crippen LogP contribution >= 0.6 is 11.6 Å². The number of benzene rings is 2. The van der Waals surface area contributed by atoms with Crippen LogP contribution in [0.5, 0.6) is 11.5 Å². The third-order valence-corrected chi connectivity index (χ3v) is 4.15. The van der Waals surface area contributed by atoms with Crippen molar-refractivity contribution >= 4 is 17.5 Å². The lowest BCUT2D eigenvalue weighted by atomic mass is 10.0. The van der Waals surface area contributed by atoms with Crippen LogP contribution in [0.25, 0.3) is 0 Å². The lowest BCUT2D eigenvalue weighted by molar-refractivity contribution is 0.0939. The molecule has 1 amide bonds. The molecule has 1 N–H and O–H groups in total. The van der Waals surface area contributed by atoms with Crippen molar-refractivity contribution in [3.05, 3.63) is 70.8 Å². The van der Waals surface area contributed by atoms with Crippen molar-refractivity contribution in [2.45, 2.75) is 19.4 Å². The molecule has 0 aliphatic heterocycles. The Morgan fingerprint density at radius 3 is 2.48 bits per heavy atom. The van der Waals surface area contributed by atoms with Gasteiger partial charge in [-0.1, -0.05) is 29.8 Å². The molecule has 5 heteroatoms. The van der Waals surface area contributed by atoms with Crippen molar-refractivity contribution in [1.29, 1.82) is 0 Å². The molecular weight excluding hydrogens is 338 g/mol. The third-order valence-electron chi connectivity index (χ3n) is 3.90. The Balaban J connectivity index is 2.27. The molecule has 2 aromatic carbocycles. The highest BCUT2D eigenvalue weighted by atomic mass is 35.5. The monoisotopic (exact) mass is 359 g/mol. The maximum atomic E-state index is 12.7. The fourth-order valence-corrected chi connectivity index (χ4v) is 2.72. The molecule has 0 fully saturated rings. The van der Waals surface area contributed by atoms with Crippen molar-refractivity contribution in [3.63, 3.8) is 0 Å². The first-order chi connectivity index (χ1) is 12.0. The van der Waals surface area contributed by atoms with Crippen LogP contribution in [0.2, 0.25) is 5.02 Å². The molecule has 132 valence electrons. The van der Waals surface area contributed by atoms with E-state index in [0.29, 0.717) is 28.5 Å². The summed E-state index contributed by atoms with van der Waals surface area (Å²) in [6.45, 7) is 5.67. The lowest BCUT2D eigenvalue weighted by Crippen LogP contribution is -2.26. The average molecular weight is 360 g/mol. The lowest BCUT2D eigenvalue weighted by Gasteiger charge is -2.17. The van der Waals surface area contributed by atoms with E-state index in [1.54, 1.807) is 44.6 Å². The molecule has 25 heavy (non-hydrogen) atoms. The second kappa shape index (κ2) is 8.58. The van der Waals surface area contributed by atoms with E-state index in [4.69, 9.17) is 21.1 Å². The fourth-order valence-electron chi connectivity index (χ4n) is 2.60. The maximum Gasteiger partial charge on any atom is 0.251 e. The van der Waals surface area contributed by atoms with Crippen molar-refractivity contribution in [3.8, 4) is 11.5 Å². The van der Waals surface area contributed by atoms with Crippen LogP contribution in [0.1, 0.15) is 34.5 Å². The number of carbonyl (C=O) groups excluding carboxylic acids is 1. The number of amides is 1. The van der Waals surface area contributed by atoms with Gasteiger partial charge in [-0.05, 0) is 43.2 Å². The molecule has 0 aliphatic carbocycles. The quantitative estimate of drug-likeness (QED) is 0.736. The first kappa shape index (κ1) is 18.9. The zero-order valence-electron chi connectivity index (χ0n) is 14.6. The van der Waals surface area contributed by atoms with Gasteiger partial charge in [-0.25, -0.2) is 0 Å². The SMILES string of the molecule is C=CCc1cc(C(=O)NC(C)c2ccc(Cl)cc2)cc(OC)c1OC. The molecule has 1 unspecified atom stereocenters. The van der Waals surface area contributed by atoms with Gasteiger partial charge in [0.25, 0.3) is 5.91 Å². The van der Waals surface area contributed by atoms with Gasteiger partial charge in [-0.2, -0.15) is 0 Å². The molecule has 2 aromatic rings. The number of carbonyl (C=O) groups is 1. The molecule has 0 spiro atoms. The number of nitrogens with one attached hydrogen (secondary N) is 1. The van der Waals surface area contributed by atoms with E-state index in [-0.39, 0.29) is 11.9 Å². The molecule has 4 nitrogen and oxygen atoms in total. The summed E-state index contributed by atoms with van der Waals surface area (Å²) in [5, 5.41) is 3.65. The first-order valence-electron chi connectivity index (χ1n) is 7.92. The summed E-state index contributed by atoms with van der Waals surface area (Å²) >= 11 is 5.91. The van der Waals surface area contributed by atoms with Gasteiger partial charge >= 0.3 is 0 Å². The Morgan fingerprint density at radius 2 is 1.92 bits per heavy atom. The molecule has 0 saturated carbocycles. The minimum Gasteiger partial charge on any atom is -0.493 e. The van der Waals surface area contributed by atoms with Crippen LogP contribution in [0.4, 0.5) is 0 Å². The molecule has 0 aliphatic rings. The molecule has 0 aromatic heterocycles. The number of methoxy groups -OCH3 is 2. The Kier molecular flexibility index (Phi) is 6.48. The highest BCUT2D eigenvalue weighted by Crippen LogP contribution is 2.33. The van der Waals surface area contributed by atoms with Gasteiger partial charge in [0.15, 0.2) is 11.5 Å². The highest BCUT2D eigenvalue weighted by Gasteiger charge is 2.17. The van der Waals surface area contributed by atoms with E-state index < -0.39 is 0 Å². The molecule has 0 heterocycles. The van der Waals surface area contributed by atoms with Gasteiger partial charge in [0.1, 0.15) is 0 Å². The van der Waals surface area contributed by atoms with E-state index >= 15 is 0 Å². The Labute approximate surface area is 153 Å². The molecule has 2 rings (SSSR count).